The number of aliphatic hydroxyl groups excluding tert-OH is 3. The molecule has 7 unspecified atom stereocenters. The van der Waals surface area contributed by atoms with Gasteiger partial charge in [-0.2, -0.15) is 0 Å². The third-order valence-electron chi connectivity index (χ3n) is 6.59. The fourth-order valence-corrected chi connectivity index (χ4v) is 6.02. The highest BCUT2D eigenvalue weighted by molar-refractivity contribution is 5.17. The van der Waals surface area contributed by atoms with E-state index in [1.807, 2.05) is 13.8 Å². The Bertz CT molecular complexity index is 405. The topological polar surface area (TPSA) is 69.9 Å². The molecule has 20 heavy (non-hydrogen) atoms. The van der Waals surface area contributed by atoms with E-state index >= 15 is 0 Å². The molecule has 0 spiro atoms. The fourth-order valence-electron chi connectivity index (χ4n) is 6.02. The lowest BCUT2D eigenvalue weighted by Crippen LogP contribution is -2.67. The van der Waals surface area contributed by atoms with Gasteiger partial charge in [0.15, 0.2) is 0 Å². The van der Waals surface area contributed by atoms with Crippen molar-refractivity contribution in [2.24, 2.45) is 22.7 Å². The van der Waals surface area contributed by atoms with E-state index in [2.05, 4.69) is 13.8 Å². The third kappa shape index (κ3) is 1.68. The summed E-state index contributed by atoms with van der Waals surface area (Å²) in [5, 5.41) is 31.9. The molecular weight excluding hydrogens is 256 g/mol. The molecule has 3 N–H and O–H groups in total. The molecule has 0 bridgehead atoms. The van der Waals surface area contributed by atoms with E-state index in [0.717, 1.165) is 12.8 Å². The second-order valence-electron chi connectivity index (χ2n) is 8.33. The van der Waals surface area contributed by atoms with Crippen molar-refractivity contribution < 1.29 is 20.1 Å². The van der Waals surface area contributed by atoms with Crippen molar-refractivity contribution in [1.29, 1.82) is 0 Å². The van der Waals surface area contributed by atoms with Crippen LogP contribution in [0.4, 0.5) is 0 Å². The van der Waals surface area contributed by atoms with Crippen LogP contribution in [0.1, 0.15) is 47.0 Å². The summed E-state index contributed by atoms with van der Waals surface area (Å²) in [5.74, 6) is -0.119. The van der Waals surface area contributed by atoms with Crippen LogP contribution in [0.5, 0.6) is 0 Å². The Morgan fingerprint density at radius 2 is 1.60 bits per heavy atom. The van der Waals surface area contributed by atoms with Gasteiger partial charge in [-0.3, -0.25) is 0 Å². The molecule has 0 amide bonds. The molecule has 7 atom stereocenters. The van der Waals surface area contributed by atoms with Gasteiger partial charge in [-0.1, -0.05) is 20.8 Å². The van der Waals surface area contributed by atoms with E-state index in [0.29, 0.717) is 13.0 Å². The molecule has 0 aromatic rings. The van der Waals surface area contributed by atoms with E-state index < -0.39 is 29.3 Å². The summed E-state index contributed by atoms with van der Waals surface area (Å²) >= 11 is 0. The van der Waals surface area contributed by atoms with Gasteiger partial charge >= 0.3 is 0 Å². The molecule has 1 heterocycles. The van der Waals surface area contributed by atoms with E-state index in [1.54, 1.807) is 0 Å². The Kier molecular flexibility index (Phi) is 3.09. The van der Waals surface area contributed by atoms with Crippen LogP contribution < -0.4 is 0 Å². The summed E-state index contributed by atoms with van der Waals surface area (Å²) in [5.41, 5.74) is -1.06. The molecular formula is C16H28O4. The van der Waals surface area contributed by atoms with Crippen LogP contribution >= 0.6 is 0 Å². The lowest BCUT2D eigenvalue weighted by molar-refractivity contribution is -0.241. The average Bonchev–Trinajstić information content (AvgIpc) is 2.60. The highest BCUT2D eigenvalue weighted by Gasteiger charge is 2.68. The van der Waals surface area contributed by atoms with Crippen LogP contribution in [0.3, 0.4) is 0 Å². The molecule has 3 fully saturated rings. The first-order valence-electron chi connectivity index (χ1n) is 7.81. The standard InChI is InChI=1S/C16H28O4/c1-14(2)6-5-11(19)16(4)12(14)9(17)7-15(3)13(16)10(18)8-20-15/h9-13,17-19H,5-8H2,1-4H3. The third-order valence-corrected chi connectivity index (χ3v) is 6.59. The highest BCUT2D eigenvalue weighted by Crippen LogP contribution is 2.64. The number of aliphatic hydroxyl groups is 3. The van der Waals surface area contributed by atoms with Crippen LogP contribution in [0, 0.1) is 22.7 Å². The van der Waals surface area contributed by atoms with Gasteiger partial charge in [0.05, 0.1) is 30.5 Å². The zero-order chi connectivity index (χ0) is 14.9. The van der Waals surface area contributed by atoms with Gasteiger partial charge in [-0.15, -0.1) is 0 Å². The van der Waals surface area contributed by atoms with Gasteiger partial charge in [0, 0.05) is 17.8 Å². The van der Waals surface area contributed by atoms with E-state index in [4.69, 9.17) is 4.74 Å². The minimum Gasteiger partial charge on any atom is -0.393 e. The summed E-state index contributed by atoms with van der Waals surface area (Å²) in [6.45, 7) is 8.69. The predicted octanol–water partition coefficient (Wildman–Crippen LogP) is 1.32. The largest absolute Gasteiger partial charge is 0.393 e. The average molecular weight is 284 g/mol. The number of rotatable bonds is 0. The summed E-state index contributed by atoms with van der Waals surface area (Å²) in [4.78, 5) is 0. The summed E-state index contributed by atoms with van der Waals surface area (Å²) in [6, 6.07) is 0. The van der Waals surface area contributed by atoms with Crippen molar-refractivity contribution in [1.82, 2.24) is 0 Å². The molecule has 0 aromatic heterocycles. The zero-order valence-corrected chi connectivity index (χ0v) is 13.0. The van der Waals surface area contributed by atoms with Crippen LogP contribution in [-0.2, 0) is 4.74 Å². The van der Waals surface area contributed by atoms with Crippen LogP contribution in [0.15, 0.2) is 0 Å². The van der Waals surface area contributed by atoms with Crippen molar-refractivity contribution in [3.8, 4) is 0 Å². The minimum absolute atomic E-state index is 0.00632. The van der Waals surface area contributed by atoms with Gasteiger partial charge < -0.3 is 20.1 Å². The van der Waals surface area contributed by atoms with Gasteiger partial charge in [0.2, 0.25) is 0 Å². The monoisotopic (exact) mass is 284 g/mol. The lowest BCUT2D eigenvalue weighted by atomic mass is 9.43. The first-order valence-corrected chi connectivity index (χ1v) is 7.81. The number of ether oxygens (including phenoxy) is 1. The highest BCUT2D eigenvalue weighted by atomic mass is 16.5. The smallest absolute Gasteiger partial charge is 0.0835 e. The Labute approximate surface area is 121 Å². The summed E-state index contributed by atoms with van der Waals surface area (Å²) in [6.07, 6.45) is 0.652. The maximum atomic E-state index is 10.7. The molecule has 4 nitrogen and oxygen atoms in total. The molecule has 2 saturated carbocycles. The second kappa shape index (κ2) is 4.19. The first kappa shape index (κ1) is 14.8. The Balaban J connectivity index is 2.12. The minimum atomic E-state index is -0.552. The molecule has 3 aliphatic rings. The maximum absolute atomic E-state index is 10.7. The molecule has 116 valence electrons. The summed E-state index contributed by atoms with van der Waals surface area (Å²) in [7, 11) is 0. The first-order chi connectivity index (χ1) is 9.13. The van der Waals surface area contributed by atoms with Gasteiger partial charge in [-0.05, 0) is 31.1 Å². The van der Waals surface area contributed by atoms with Gasteiger partial charge in [0.25, 0.3) is 0 Å². The van der Waals surface area contributed by atoms with Crippen LogP contribution in [0.2, 0.25) is 0 Å². The number of hydrogen-bond donors (Lipinski definition) is 3. The number of fused-ring (bicyclic) bond motifs is 3. The Morgan fingerprint density at radius 1 is 0.950 bits per heavy atom. The Hall–Kier alpha value is -0.160. The Morgan fingerprint density at radius 3 is 2.25 bits per heavy atom. The lowest BCUT2D eigenvalue weighted by Gasteiger charge is -2.63. The molecule has 4 heteroatoms. The maximum Gasteiger partial charge on any atom is 0.0835 e. The van der Waals surface area contributed by atoms with E-state index in [-0.39, 0.29) is 17.3 Å². The molecule has 0 radical (unpaired) electrons. The molecule has 1 saturated heterocycles. The zero-order valence-electron chi connectivity index (χ0n) is 13.0. The molecule has 0 aromatic carbocycles. The number of hydrogen-bond acceptors (Lipinski definition) is 4. The van der Waals surface area contributed by atoms with Gasteiger partial charge in [0.1, 0.15) is 0 Å². The normalized spacial score (nSPS) is 58.0. The van der Waals surface area contributed by atoms with Crippen molar-refractivity contribution >= 4 is 0 Å². The van der Waals surface area contributed by atoms with Crippen molar-refractivity contribution in [2.45, 2.75) is 70.9 Å². The molecule has 2 aliphatic carbocycles. The van der Waals surface area contributed by atoms with Crippen molar-refractivity contribution in [3.63, 3.8) is 0 Å². The van der Waals surface area contributed by atoms with E-state index in [1.165, 1.54) is 0 Å². The predicted molar refractivity (Wildman–Crippen MR) is 75.1 cm³/mol. The van der Waals surface area contributed by atoms with E-state index in [9.17, 15) is 15.3 Å². The SMILES string of the molecule is CC1(C)CCC(O)C2(C)C1C(O)CC1(C)OCC(O)C12. The quantitative estimate of drug-likeness (QED) is 0.627. The molecule has 1 aliphatic heterocycles. The van der Waals surface area contributed by atoms with Crippen LogP contribution in [-0.4, -0.2) is 45.8 Å². The summed E-state index contributed by atoms with van der Waals surface area (Å²) < 4.78 is 5.84. The van der Waals surface area contributed by atoms with Crippen LogP contribution in [0.25, 0.3) is 0 Å². The van der Waals surface area contributed by atoms with Crippen molar-refractivity contribution in [2.75, 3.05) is 6.61 Å². The molecule has 3 rings (SSSR count). The fraction of sp³-hybridized carbons (Fsp3) is 1.00. The van der Waals surface area contributed by atoms with Gasteiger partial charge in [-0.25, -0.2) is 0 Å². The van der Waals surface area contributed by atoms with Crippen molar-refractivity contribution in [3.05, 3.63) is 0 Å². The second-order valence-corrected chi connectivity index (χ2v) is 8.33.